The van der Waals surface area contributed by atoms with Crippen LogP contribution in [0.5, 0.6) is 0 Å². The third-order valence-electron chi connectivity index (χ3n) is 4.02. The minimum atomic E-state index is 0.395. The van der Waals surface area contributed by atoms with Crippen LogP contribution in [0.1, 0.15) is 19.3 Å². The highest BCUT2D eigenvalue weighted by atomic mass is 79.9. The standard InChI is InChI=1S/C14H17BrN2OS/c1-18-7-6-14(4-5-14)9-17-12-8-10(15)2-3-11(12)16-13(17)19/h2-3,8H,4-7,9H2,1H3,(H,16,19). The van der Waals surface area contributed by atoms with E-state index in [1.165, 1.54) is 18.4 Å². The number of rotatable bonds is 5. The molecule has 3 nitrogen and oxygen atoms in total. The second kappa shape index (κ2) is 5.04. The molecule has 0 aliphatic heterocycles. The van der Waals surface area contributed by atoms with E-state index >= 15 is 0 Å². The van der Waals surface area contributed by atoms with E-state index in [1.54, 1.807) is 7.11 Å². The highest BCUT2D eigenvalue weighted by molar-refractivity contribution is 9.10. The largest absolute Gasteiger partial charge is 0.385 e. The average Bonchev–Trinajstić information content (AvgIpc) is 3.09. The van der Waals surface area contributed by atoms with Gasteiger partial charge in [0.1, 0.15) is 0 Å². The molecule has 0 saturated heterocycles. The second-order valence-electron chi connectivity index (χ2n) is 5.42. The first kappa shape index (κ1) is 13.3. The fourth-order valence-electron chi connectivity index (χ4n) is 2.60. The van der Waals surface area contributed by atoms with Crippen LogP contribution in [0.15, 0.2) is 22.7 Å². The Morgan fingerprint density at radius 3 is 2.95 bits per heavy atom. The Kier molecular flexibility index (Phi) is 3.53. The lowest BCUT2D eigenvalue weighted by molar-refractivity contribution is 0.167. The number of aromatic nitrogens is 2. The molecule has 102 valence electrons. The summed E-state index contributed by atoms with van der Waals surface area (Å²) < 4.78 is 9.36. The van der Waals surface area contributed by atoms with Gasteiger partial charge in [-0.3, -0.25) is 0 Å². The van der Waals surface area contributed by atoms with Crippen LogP contribution in [0.25, 0.3) is 11.0 Å². The molecular weight excluding hydrogens is 324 g/mol. The number of H-pyrrole nitrogens is 1. The maximum absolute atomic E-state index is 5.47. The minimum absolute atomic E-state index is 0.395. The van der Waals surface area contributed by atoms with Crippen LogP contribution in [0.2, 0.25) is 0 Å². The van der Waals surface area contributed by atoms with Gasteiger partial charge in [0.05, 0.1) is 11.0 Å². The van der Waals surface area contributed by atoms with Crippen molar-refractivity contribution < 1.29 is 4.74 Å². The molecule has 1 aliphatic carbocycles. The zero-order valence-electron chi connectivity index (χ0n) is 10.9. The van der Waals surface area contributed by atoms with Crippen molar-refractivity contribution in [1.29, 1.82) is 0 Å². The Bertz CT molecular complexity index is 657. The van der Waals surface area contributed by atoms with E-state index in [4.69, 9.17) is 17.0 Å². The molecule has 3 rings (SSSR count). The van der Waals surface area contributed by atoms with E-state index in [0.717, 1.165) is 34.3 Å². The van der Waals surface area contributed by atoms with Gasteiger partial charge in [0.2, 0.25) is 0 Å². The maximum Gasteiger partial charge on any atom is 0.178 e. The number of halogens is 1. The van der Waals surface area contributed by atoms with Gasteiger partial charge in [0.15, 0.2) is 4.77 Å². The van der Waals surface area contributed by atoms with E-state index in [2.05, 4.69) is 37.6 Å². The van der Waals surface area contributed by atoms with Crippen molar-refractivity contribution in [2.45, 2.75) is 25.8 Å². The molecule has 2 aromatic rings. The number of fused-ring (bicyclic) bond motifs is 1. The SMILES string of the molecule is COCCC1(Cn2c(=S)[nH]c3ccc(Br)cc32)CC1. The molecule has 1 heterocycles. The Balaban J connectivity index is 1.94. The predicted octanol–water partition coefficient (Wildman–Crippen LogP) is 4.28. The van der Waals surface area contributed by atoms with E-state index in [1.807, 2.05) is 6.07 Å². The zero-order valence-corrected chi connectivity index (χ0v) is 13.3. The van der Waals surface area contributed by atoms with Crippen LogP contribution in [0.3, 0.4) is 0 Å². The van der Waals surface area contributed by atoms with Gasteiger partial charge in [-0.1, -0.05) is 15.9 Å². The van der Waals surface area contributed by atoms with Crippen LogP contribution < -0.4 is 0 Å². The Morgan fingerprint density at radius 2 is 2.26 bits per heavy atom. The second-order valence-corrected chi connectivity index (χ2v) is 6.72. The third kappa shape index (κ3) is 2.64. The lowest BCUT2D eigenvalue weighted by Gasteiger charge is -2.16. The zero-order chi connectivity index (χ0) is 13.5. The molecule has 1 aromatic heterocycles. The van der Waals surface area contributed by atoms with E-state index in [9.17, 15) is 0 Å². The summed E-state index contributed by atoms with van der Waals surface area (Å²) >= 11 is 9.00. The molecular formula is C14H17BrN2OS. The summed E-state index contributed by atoms with van der Waals surface area (Å²) in [6, 6.07) is 6.24. The van der Waals surface area contributed by atoms with Crippen LogP contribution in [-0.4, -0.2) is 23.3 Å². The van der Waals surface area contributed by atoms with E-state index in [0.29, 0.717) is 5.41 Å². The first-order valence-corrected chi connectivity index (χ1v) is 7.71. The van der Waals surface area contributed by atoms with Gasteiger partial charge >= 0.3 is 0 Å². The summed E-state index contributed by atoms with van der Waals surface area (Å²) in [7, 11) is 1.77. The molecule has 1 N–H and O–H groups in total. The molecule has 0 bridgehead atoms. The smallest absolute Gasteiger partial charge is 0.178 e. The third-order valence-corrected chi connectivity index (χ3v) is 4.84. The number of methoxy groups -OCH3 is 1. The molecule has 1 saturated carbocycles. The van der Waals surface area contributed by atoms with Crippen molar-refractivity contribution in [3.05, 3.63) is 27.4 Å². The first-order chi connectivity index (χ1) is 9.13. The number of hydrogen-bond acceptors (Lipinski definition) is 2. The van der Waals surface area contributed by atoms with Crippen molar-refractivity contribution >= 4 is 39.2 Å². The summed E-state index contributed by atoms with van der Waals surface area (Å²) in [6.07, 6.45) is 3.67. The number of imidazole rings is 1. The summed E-state index contributed by atoms with van der Waals surface area (Å²) in [5.74, 6) is 0. The fraction of sp³-hybridized carbons (Fsp3) is 0.500. The normalized spacial score (nSPS) is 16.9. The van der Waals surface area contributed by atoms with E-state index < -0.39 is 0 Å². The molecule has 0 spiro atoms. The number of nitrogens with one attached hydrogen (secondary N) is 1. The van der Waals surface area contributed by atoms with Crippen molar-refractivity contribution in [3.8, 4) is 0 Å². The van der Waals surface area contributed by atoms with Gasteiger partial charge in [0, 0.05) is 24.7 Å². The molecule has 1 aliphatic rings. The number of aromatic amines is 1. The summed E-state index contributed by atoms with van der Waals surface area (Å²) in [6.45, 7) is 1.82. The lowest BCUT2D eigenvalue weighted by Crippen LogP contribution is -2.14. The van der Waals surface area contributed by atoms with Crippen LogP contribution in [0.4, 0.5) is 0 Å². The van der Waals surface area contributed by atoms with Gasteiger partial charge in [-0.25, -0.2) is 0 Å². The molecule has 5 heteroatoms. The highest BCUT2D eigenvalue weighted by Gasteiger charge is 2.42. The molecule has 0 unspecified atom stereocenters. The first-order valence-electron chi connectivity index (χ1n) is 6.51. The number of nitrogens with zero attached hydrogens (tertiary/aromatic N) is 1. The number of benzene rings is 1. The Morgan fingerprint density at radius 1 is 1.47 bits per heavy atom. The lowest BCUT2D eigenvalue weighted by atomic mass is 10.0. The van der Waals surface area contributed by atoms with Gasteiger partial charge < -0.3 is 14.3 Å². The van der Waals surface area contributed by atoms with Gasteiger partial charge in [0.25, 0.3) is 0 Å². The minimum Gasteiger partial charge on any atom is -0.385 e. The predicted molar refractivity (Wildman–Crippen MR) is 83.0 cm³/mol. The molecule has 0 amide bonds. The Labute approximate surface area is 126 Å². The number of ether oxygens (including phenoxy) is 1. The molecule has 1 fully saturated rings. The average molecular weight is 341 g/mol. The van der Waals surface area contributed by atoms with Crippen molar-refractivity contribution in [2.24, 2.45) is 5.41 Å². The molecule has 0 atom stereocenters. The van der Waals surface area contributed by atoms with Gasteiger partial charge in [-0.05, 0) is 55.1 Å². The summed E-state index contributed by atoms with van der Waals surface area (Å²) in [4.78, 5) is 3.29. The quantitative estimate of drug-likeness (QED) is 0.823. The summed E-state index contributed by atoms with van der Waals surface area (Å²) in [5, 5.41) is 0. The van der Waals surface area contributed by atoms with Crippen molar-refractivity contribution in [1.82, 2.24) is 9.55 Å². The van der Waals surface area contributed by atoms with Crippen LogP contribution in [0, 0.1) is 10.2 Å². The number of hydrogen-bond donors (Lipinski definition) is 1. The van der Waals surface area contributed by atoms with Crippen LogP contribution >= 0.6 is 28.1 Å². The van der Waals surface area contributed by atoms with Crippen molar-refractivity contribution in [2.75, 3.05) is 13.7 Å². The topological polar surface area (TPSA) is 29.9 Å². The van der Waals surface area contributed by atoms with Crippen LogP contribution in [-0.2, 0) is 11.3 Å². The highest BCUT2D eigenvalue weighted by Crippen LogP contribution is 2.50. The monoisotopic (exact) mass is 340 g/mol. The fourth-order valence-corrected chi connectivity index (χ4v) is 3.22. The molecule has 0 radical (unpaired) electrons. The molecule has 19 heavy (non-hydrogen) atoms. The van der Waals surface area contributed by atoms with Gasteiger partial charge in [-0.2, -0.15) is 0 Å². The van der Waals surface area contributed by atoms with E-state index in [-0.39, 0.29) is 0 Å². The summed E-state index contributed by atoms with van der Waals surface area (Å²) in [5.41, 5.74) is 2.69. The Hall–Kier alpha value is -0.650. The van der Waals surface area contributed by atoms with Gasteiger partial charge in [-0.15, -0.1) is 0 Å². The van der Waals surface area contributed by atoms with Crippen molar-refractivity contribution in [3.63, 3.8) is 0 Å². The maximum atomic E-state index is 5.47. The molecule has 1 aromatic carbocycles.